The number of hydrogen-bond acceptors (Lipinski definition) is 6. The van der Waals surface area contributed by atoms with E-state index in [1.165, 1.54) is 11.3 Å². The zero-order chi connectivity index (χ0) is 19.1. The number of ether oxygens (including phenoxy) is 2. The Hall–Kier alpha value is -3.58. The van der Waals surface area contributed by atoms with Gasteiger partial charge in [-0.2, -0.15) is 0 Å². The molecule has 138 valence electrons. The van der Waals surface area contributed by atoms with Gasteiger partial charge in [0.15, 0.2) is 11.5 Å². The van der Waals surface area contributed by atoms with Crippen LogP contribution >= 0.6 is 11.3 Å². The topological polar surface area (TPSA) is 77.8 Å². The molecule has 0 saturated carbocycles. The number of benzene rings is 2. The Morgan fingerprint density at radius 3 is 2.71 bits per heavy atom. The Labute approximate surface area is 162 Å². The van der Waals surface area contributed by atoms with Gasteiger partial charge in [0.05, 0.1) is 15.8 Å². The van der Waals surface area contributed by atoms with Crippen molar-refractivity contribution in [1.82, 2.24) is 0 Å². The van der Waals surface area contributed by atoms with Gasteiger partial charge in [-0.25, -0.2) is 0 Å². The summed E-state index contributed by atoms with van der Waals surface area (Å²) in [5.74, 6) is 0.912. The lowest BCUT2D eigenvalue weighted by Crippen LogP contribution is -2.15. The Morgan fingerprint density at radius 2 is 1.86 bits per heavy atom. The van der Waals surface area contributed by atoms with E-state index in [0.29, 0.717) is 32.9 Å². The fraction of sp³-hybridized carbons (Fsp3) is 0.0476. The van der Waals surface area contributed by atoms with E-state index in [0.717, 1.165) is 0 Å². The smallest absolute Gasteiger partial charge is 0.268 e. The van der Waals surface area contributed by atoms with Crippen LogP contribution in [-0.4, -0.2) is 12.7 Å². The molecule has 0 saturated heterocycles. The molecule has 2 aromatic heterocycles. The zero-order valence-electron chi connectivity index (χ0n) is 14.4. The van der Waals surface area contributed by atoms with Crippen molar-refractivity contribution in [3.63, 3.8) is 0 Å². The number of carbonyl (C=O) groups excluding carboxylic acids is 1. The Kier molecular flexibility index (Phi) is 3.87. The van der Waals surface area contributed by atoms with E-state index in [9.17, 15) is 9.59 Å². The summed E-state index contributed by atoms with van der Waals surface area (Å²) in [6, 6.07) is 15.6. The van der Waals surface area contributed by atoms with E-state index in [2.05, 4.69) is 5.32 Å². The number of fused-ring (bicyclic) bond motifs is 2. The molecule has 1 aliphatic rings. The Balaban J connectivity index is 1.70. The van der Waals surface area contributed by atoms with Crippen molar-refractivity contribution in [3.8, 4) is 22.6 Å². The van der Waals surface area contributed by atoms with E-state index in [1.807, 2.05) is 5.38 Å². The summed E-state index contributed by atoms with van der Waals surface area (Å²) < 4.78 is 16.7. The van der Waals surface area contributed by atoms with Crippen LogP contribution in [0.1, 0.15) is 9.67 Å². The van der Waals surface area contributed by atoms with Crippen LogP contribution in [0.25, 0.3) is 22.1 Å². The molecule has 0 fully saturated rings. The van der Waals surface area contributed by atoms with Gasteiger partial charge in [-0.3, -0.25) is 14.9 Å². The molecule has 5 rings (SSSR count). The highest BCUT2D eigenvalue weighted by Gasteiger charge is 2.22. The third kappa shape index (κ3) is 2.73. The summed E-state index contributed by atoms with van der Waals surface area (Å²) in [5, 5.41) is 4.99. The standard InChI is InChI=1S/C21H13NO5S/c23-19-13-4-1-2-5-14(13)27-21(22-20(24)17-6-3-9-28-17)18(19)12-7-8-15-16(10-12)26-11-25-15/h1-10H,11H2,(H,22,24). The number of carbonyl (C=O) groups is 1. The average Bonchev–Trinajstić information content (AvgIpc) is 3.40. The molecule has 0 atom stereocenters. The van der Waals surface area contributed by atoms with Gasteiger partial charge in [0.1, 0.15) is 5.58 Å². The van der Waals surface area contributed by atoms with E-state index in [-0.39, 0.29) is 29.6 Å². The number of anilines is 1. The maximum atomic E-state index is 13.2. The lowest BCUT2D eigenvalue weighted by molar-refractivity contribution is 0.102. The van der Waals surface area contributed by atoms with Gasteiger partial charge in [0.25, 0.3) is 5.91 Å². The normalized spacial score (nSPS) is 12.3. The first-order valence-corrected chi connectivity index (χ1v) is 9.39. The van der Waals surface area contributed by atoms with Gasteiger partial charge < -0.3 is 13.9 Å². The lowest BCUT2D eigenvalue weighted by atomic mass is 10.0. The maximum absolute atomic E-state index is 13.2. The molecule has 0 bridgehead atoms. The van der Waals surface area contributed by atoms with Crippen molar-refractivity contribution in [2.75, 3.05) is 12.1 Å². The highest BCUT2D eigenvalue weighted by Crippen LogP contribution is 2.37. The summed E-state index contributed by atoms with van der Waals surface area (Å²) in [6.45, 7) is 0.132. The quantitative estimate of drug-likeness (QED) is 0.556. The van der Waals surface area contributed by atoms with Crippen LogP contribution in [0, 0.1) is 0 Å². The van der Waals surface area contributed by atoms with Crippen LogP contribution < -0.4 is 20.2 Å². The number of amides is 1. The second-order valence-electron chi connectivity index (χ2n) is 6.13. The number of para-hydroxylation sites is 1. The van der Waals surface area contributed by atoms with Gasteiger partial charge in [-0.05, 0) is 41.3 Å². The fourth-order valence-corrected chi connectivity index (χ4v) is 3.74. The summed E-state index contributed by atoms with van der Waals surface area (Å²) in [5.41, 5.74) is 1.01. The number of rotatable bonds is 3. The van der Waals surface area contributed by atoms with Crippen molar-refractivity contribution in [1.29, 1.82) is 0 Å². The van der Waals surface area contributed by atoms with E-state index in [1.54, 1.807) is 54.6 Å². The number of nitrogens with one attached hydrogen (secondary N) is 1. The molecule has 0 spiro atoms. The van der Waals surface area contributed by atoms with Crippen LogP contribution in [0.15, 0.2) is 69.2 Å². The molecular weight excluding hydrogens is 378 g/mol. The molecule has 0 unspecified atom stereocenters. The number of hydrogen-bond donors (Lipinski definition) is 1. The van der Waals surface area contributed by atoms with Gasteiger partial charge in [0.2, 0.25) is 18.1 Å². The van der Waals surface area contributed by atoms with Crippen LogP contribution in [-0.2, 0) is 0 Å². The van der Waals surface area contributed by atoms with Gasteiger partial charge in [0, 0.05) is 0 Å². The van der Waals surface area contributed by atoms with E-state index >= 15 is 0 Å². The highest BCUT2D eigenvalue weighted by molar-refractivity contribution is 7.12. The molecule has 2 aromatic carbocycles. The van der Waals surface area contributed by atoms with E-state index in [4.69, 9.17) is 13.9 Å². The minimum Gasteiger partial charge on any atom is -0.454 e. The van der Waals surface area contributed by atoms with Gasteiger partial charge in [-0.15, -0.1) is 11.3 Å². The Bertz CT molecular complexity index is 1260. The first-order valence-electron chi connectivity index (χ1n) is 8.51. The molecule has 0 radical (unpaired) electrons. The minimum atomic E-state index is -0.338. The van der Waals surface area contributed by atoms with Crippen molar-refractivity contribution in [2.45, 2.75) is 0 Å². The third-order valence-electron chi connectivity index (χ3n) is 4.43. The SMILES string of the molecule is O=C(Nc1oc2ccccc2c(=O)c1-c1ccc2c(c1)OCO2)c1cccs1. The zero-order valence-corrected chi connectivity index (χ0v) is 15.2. The first kappa shape index (κ1) is 16.6. The highest BCUT2D eigenvalue weighted by atomic mass is 32.1. The van der Waals surface area contributed by atoms with Crippen molar-refractivity contribution < 1.29 is 18.7 Å². The molecule has 4 aromatic rings. The summed E-state index contributed by atoms with van der Waals surface area (Å²) in [6.07, 6.45) is 0. The molecule has 1 amide bonds. The third-order valence-corrected chi connectivity index (χ3v) is 5.30. The van der Waals surface area contributed by atoms with Crippen LogP contribution in [0.4, 0.5) is 5.88 Å². The van der Waals surface area contributed by atoms with E-state index < -0.39 is 0 Å². The lowest BCUT2D eigenvalue weighted by Gasteiger charge is -2.11. The molecular formula is C21H13NO5S. The molecule has 3 heterocycles. The van der Waals surface area contributed by atoms with Gasteiger partial charge >= 0.3 is 0 Å². The molecule has 6 nitrogen and oxygen atoms in total. The summed E-state index contributed by atoms with van der Waals surface area (Å²) in [7, 11) is 0. The van der Waals surface area contributed by atoms with Crippen LogP contribution in [0.3, 0.4) is 0 Å². The number of thiophene rings is 1. The van der Waals surface area contributed by atoms with Crippen molar-refractivity contribution in [3.05, 3.63) is 75.1 Å². The maximum Gasteiger partial charge on any atom is 0.268 e. The predicted octanol–water partition coefficient (Wildman–Crippen LogP) is 4.50. The largest absolute Gasteiger partial charge is 0.454 e. The Morgan fingerprint density at radius 1 is 1.00 bits per heavy atom. The second-order valence-corrected chi connectivity index (χ2v) is 7.08. The molecule has 0 aliphatic carbocycles. The van der Waals surface area contributed by atoms with Crippen molar-refractivity contribution in [2.24, 2.45) is 0 Å². The fourth-order valence-electron chi connectivity index (χ4n) is 3.12. The summed E-state index contributed by atoms with van der Waals surface area (Å²) in [4.78, 5) is 26.3. The van der Waals surface area contributed by atoms with Crippen molar-refractivity contribution >= 4 is 34.1 Å². The molecule has 28 heavy (non-hydrogen) atoms. The van der Waals surface area contributed by atoms with Crippen LogP contribution in [0.2, 0.25) is 0 Å². The minimum absolute atomic E-state index is 0.0981. The second kappa shape index (κ2) is 6.54. The van der Waals surface area contributed by atoms with Crippen LogP contribution in [0.5, 0.6) is 11.5 Å². The summed E-state index contributed by atoms with van der Waals surface area (Å²) >= 11 is 1.31. The van der Waals surface area contributed by atoms with Gasteiger partial charge in [-0.1, -0.05) is 24.3 Å². The predicted molar refractivity (Wildman–Crippen MR) is 106 cm³/mol. The monoisotopic (exact) mass is 391 g/mol. The molecule has 1 N–H and O–H groups in total. The molecule has 1 aliphatic heterocycles. The average molecular weight is 391 g/mol. The molecule has 7 heteroatoms. The first-order chi connectivity index (χ1) is 13.7.